The van der Waals surface area contributed by atoms with Crippen LogP contribution in [0.15, 0.2) is 18.2 Å². The van der Waals surface area contributed by atoms with E-state index in [0.29, 0.717) is 16.1 Å². The molecule has 23 heavy (non-hydrogen) atoms. The van der Waals surface area contributed by atoms with Gasteiger partial charge in [0.2, 0.25) is 0 Å². The summed E-state index contributed by atoms with van der Waals surface area (Å²) in [6.07, 6.45) is 5.92. The van der Waals surface area contributed by atoms with Crippen LogP contribution in [0.25, 0.3) is 0 Å². The molecule has 0 aromatic heterocycles. The molecule has 1 fully saturated rings. The van der Waals surface area contributed by atoms with E-state index in [4.69, 9.17) is 23.2 Å². The molecule has 1 aromatic carbocycles. The lowest BCUT2D eigenvalue weighted by molar-refractivity contribution is 0.151. The number of hydrogen-bond donors (Lipinski definition) is 1. The number of benzene rings is 1. The third kappa shape index (κ3) is 4.54. The molecule has 2 rings (SSSR count). The number of rotatable bonds is 4. The van der Waals surface area contributed by atoms with Crippen LogP contribution in [0.5, 0.6) is 0 Å². The molecule has 0 radical (unpaired) electrons. The van der Waals surface area contributed by atoms with Gasteiger partial charge in [-0.25, -0.2) is 4.79 Å². The van der Waals surface area contributed by atoms with E-state index in [0.717, 1.165) is 24.9 Å². The molecule has 0 heterocycles. The van der Waals surface area contributed by atoms with E-state index >= 15 is 0 Å². The fourth-order valence-electron chi connectivity index (χ4n) is 3.26. The van der Waals surface area contributed by atoms with E-state index in [1.165, 1.54) is 19.3 Å². The Morgan fingerprint density at radius 3 is 2.43 bits per heavy atom. The molecule has 1 aliphatic carbocycles. The maximum absolute atomic E-state index is 12.8. The predicted octanol–water partition coefficient (Wildman–Crippen LogP) is 5.59. The van der Waals surface area contributed by atoms with Crippen molar-refractivity contribution in [1.29, 1.82) is 0 Å². The van der Waals surface area contributed by atoms with Gasteiger partial charge in [-0.15, -0.1) is 0 Å². The Labute approximate surface area is 149 Å². The second-order valence-electron chi connectivity index (χ2n) is 6.76. The minimum Gasteiger partial charge on any atom is -0.329 e. The molecular formula is C18H26Cl2N2O. The number of carbonyl (C=O) groups is 1. The third-order valence-electron chi connectivity index (χ3n) is 4.68. The highest BCUT2D eigenvalue weighted by atomic mass is 35.5. The third-order valence-corrected chi connectivity index (χ3v) is 5.42. The topological polar surface area (TPSA) is 32.3 Å². The van der Waals surface area contributed by atoms with Crippen molar-refractivity contribution in [2.45, 2.75) is 64.5 Å². The fraction of sp³-hybridized carbons (Fsp3) is 0.611. The smallest absolute Gasteiger partial charge is 0.318 e. The van der Waals surface area contributed by atoms with Gasteiger partial charge >= 0.3 is 6.03 Å². The van der Waals surface area contributed by atoms with Gasteiger partial charge in [0, 0.05) is 12.6 Å². The molecule has 0 bridgehead atoms. The number of amides is 2. The summed E-state index contributed by atoms with van der Waals surface area (Å²) in [6.45, 7) is 6.74. The highest BCUT2D eigenvalue weighted by Crippen LogP contribution is 2.29. The van der Waals surface area contributed by atoms with Crippen LogP contribution in [0.4, 0.5) is 4.79 Å². The summed E-state index contributed by atoms with van der Waals surface area (Å²) < 4.78 is 0. The number of carbonyl (C=O) groups excluding carboxylic acids is 1. The lowest BCUT2D eigenvalue weighted by Gasteiger charge is -2.37. The zero-order valence-electron chi connectivity index (χ0n) is 14.2. The van der Waals surface area contributed by atoms with Crippen molar-refractivity contribution < 1.29 is 4.79 Å². The summed E-state index contributed by atoms with van der Waals surface area (Å²) in [4.78, 5) is 14.7. The summed E-state index contributed by atoms with van der Waals surface area (Å²) >= 11 is 12.1. The van der Waals surface area contributed by atoms with Crippen LogP contribution in [0.1, 0.15) is 58.4 Å². The summed E-state index contributed by atoms with van der Waals surface area (Å²) in [6, 6.07) is 5.85. The van der Waals surface area contributed by atoms with Crippen LogP contribution in [-0.4, -0.2) is 23.5 Å². The first-order valence-corrected chi connectivity index (χ1v) is 9.15. The second-order valence-corrected chi connectivity index (χ2v) is 7.58. The van der Waals surface area contributed by atoms with Gasteiger partial charge in [0.15, 0.2) is 0 Å². The Balaban J connectivity index is 2.10. The molecule has 5 heteroatoms. The van der Waals surface area contributed by atoms with Gasteiger partial charge in [-0.1, -0.05) is 48.5 Å². The number of urea groups is 1. The maximum Gasteiger partial charge on any atom is 0.318 e. The zero-order chi connectivity index (χ0) is 17.0. The van der Waals surface area contributed by atoms with Gasteiger partial charge in [0.25, 0.3) is 0 Å². The average Bonchev–Trinajstić information content (AvgIpc) is 2.51. The van der Waals surface area contributed by atoms with Gasteiger partial charge in [-0.2, -0.15) is 0 Å². The first kappa shape index (κ1) is 18.4. The molecule has 0 atom stereocenters. The molecule has 0 saturated heterocycles. The van der Waals surface area contributed by atoms with E-state index in [-0.39, 0.29) is 6.03 Å². The molecule has 1 saturated carbocycles. The van der Waals surface area contributed by atoms with Crippen molar-refractivity contribution in [3.8, 4) is 0 Å². The summed E-state index contributed by atoms with van der Waals surface area (Å²) in [5, 5.41) is 4.18. The largest absolute Gasteiger partial charge is 0.329 e. The maximum atomic E-state index is 12.8. The van der Waals surface area contributed by atoms with E-state index < -0.39 is 5.54 Å². The molecular weight excluding hydrogens is 331 g/mol. The van der Waals surface area contributed by atoms with Crippen LogP contribution in [0, 0.1) is 0 Å². The second kappa shape index (κ2) is 7.76. The van der Waals surface area contributed by atoms with Gasteiger partial charge < -0.3 is 10.2 Å². The molecule has 1 aliphatic rings. The molecule has 2 amide bonds. The molecule has 0 spiro atoms. The predicted molar refractivity (Wildman–Crippen MR) is 97.3 cm³/mol. The highest BCUT2D eigenvalue weighted by molar-refractivity contribution is 6.42. The highest BCUT2D eigenvalue weighted by Gasteiger charge is 2.29. The normalized spacial score (nSPS) is 16.2. The average molecular weight is 357 g/mol. The minimum atomic E-state index is -0.507. The lowest BCUT2D eigenvalue weighted by Crippen LogP contribution is -2.52. The monoisotopic (exact) mass is 356 g/mol. The SMILES string of the molecule is CCN(C(=O)NC(C)(C)c1ccc(Cl)c(Cl)c1)C1CCCCC1. The Morgan fingerprint density at radius 2 is 1.87 bits per heavy atom. The Bertz CT molecular complexity index is 554. The van der Waals surface area contributed by atoms with Crippen molar-refractivity contribution in [2.24, 2.45) is 0 Å². The zero-order valence-corrected chi connectivity index (χ0v) is 15.7. The number of halogens is 2. The van der Waals surface area contributed by atoms with Crippen LogP contribution in [0.2, 0.25) is 10.0 Å². The summed E-state index contributed by atoms with van der Waals surface area (Å²) in [5.41, 5.74) is 0.438. The lowest BCUT2D eigenvalue weighted by atomic mass is 9.93. The molecule has 3 nitrogen and oxygen atoms in total. The standard InChI is InChI=1S/C18H26Cl2N2O/c1-4-22(14-8-6-5-7-9-14)17(23)21-18(2,3)13-10-11-15(19)16(20)12-13/h10-12,14H,4-9H2,1-3H3,(H,21,23). The number of hydrogen-bond acceptors (Lipinski definition) is 1. The molecule has 1 N–H and O–H groups in total. The van der Waals surface area contributed by atoms with Gasteiger partial charge in [-0.05, 0) is 51.3 Å². The first-order chi connectivity index (χ1) is 10.8. The van der Waals surface area contributed by atoms with Crippen LogP contribution < -0.4 is 5.32 Å². The molecule has 128 valence electrons. The molecule has 0 aliphatic heterocycles. The van der Waals surface area contributed by atoms with E-state index in [2.05, 4.69) is 5.32 Å². The van der Waals surface area contributed by atoms with Crippen molar-refractivity contribution >= 4 is 29.2 Å². The number of nitrogens with zero attached hydrogens (tertiary/aromatic N) is 1. The molecule has 0 unspecified atom stereocenters. The molecule has 1 aromatic rings. The van der Waals surface area contributed by atoms with E-state index in [1.54, 1.807) is 6.07 Å². The minimum absolute atomic E-state index is 0.00419. The van der Waals surface area contributed by atoms with Gasteiger partial charge in [0.1, 0.15) is 0 Å². The first-order valence-electron chi connectivity index (χ1n) is 8.39. The van der Waals surface area contributed by atoms with Crippen molar-refractivity contribution in [3.63, 3.8) is 0 Å². The van der Waals surface area contributed by atoms with Crippen LogP contribution in [-0.2, 0) is 5.54 Å². The Hall–Kier alpha value is -0.930. The van der Waals surface area contributed by atoms with Crippen LogP contribution >= 0.6 is 23.2 Å². The quantitative estimate of drug-likeness (QED) is 0.748. The van der Waals surface area contributed by atoms with Crippen LogP contribution in [0.3, 0.4) is 0 Å². The van der Waals surface area contributed by atoms with E-state index in [9.17, 15) is 4.79 Å². The Morgan fingerprint density at radius 1 is 1.22 bits per heavy atom. The summed E-state index contributed by atoms with van der Waals surface area (Å²) in [5.74, 6) is 0. The number of nitrogens with one attached hydrogen (secondary N) is 1. The summed E-state index contributed by atoms with van der Waals surface area (Å²) in [7, 11) is 0. The van der Waals surface area contributed by atoms with Crippen molar-refractivity contribution in [1.82, 2.24) is 10.2 Å². The Kier molecular flexibility index (Phi) is 6.21. The van der Waals surface area contributed by atoms with Crippen molar-refractivity contribution in [3.05, 3.63) is 33.8 Å². The van der Waals surface area contributed by atoms with Gasteiger partial charge in [0.05, 0.1) is 15.6 Å². The fourth-order valence-corrected chi connectivity index (χ4v) is 3.55. The van der Waals surface area contributed by atoms with Crippen molar-refractivity contribution in [2.75, 3.05) is 6.54 Å². The van der Waals surface area contributed by atoms with Gasteiger partial charge in [-0.3, -0.25) is 0 Å². The van der Waals surface area contributed by atoms with E-state index in [1.807, 2.05) is 37.8 Å².